The molecule has 2 aliphatic carbocycles. The van der Waals surface area contributed by atoms with E-state index in [0.717, 1.165) is 51.4 Å². The molecule has 3 heteroatoms. The molecule has 0 radical (unpaired) electrons. The maximum Gasteiger partial charge on any atom is 0.138 e. The van der Waals surface area contributed by atoms with E-state index >= 15 is 0 Å². The first-order valence-electron chi connectivity index (χ1n) is 11.7. The molecule has 0 spiro atoms. The molecule has 1 saturated carbocycles. The van der Waals surface area contributed by atoms with Gasteiger partial charge < -0.3 is 10.2 Å². The summed E-state index contributed by atoms with van der Waals surface area (Å²) < 4.78 is 0. The highest BCUT2D eigenvalue weighted by molar-refractivity contribution is 5.82. The minimum absolute atomic E-state index is 0.131. The van der Waals surface area contributed by atoms with E-state index < -0.39 is 6.10 Å². The first-order valence-corrected chi connectivity index (χ1v) is 11.7. The van der Waals surface area contributed by atoms with E-state index in [1.807, 2.05) is 0 Å². The average molecular weight is 391 g/mol. The molecule has 28 heavy (non-hydrogen) atoms. The van der Waals surface area contributed by atoms with Gasteiger partial charge in [0.25, 0.3) is 0 Å². The molecule has 0 aromatic rings. The second-order valence-electron chi connectivity index (χ2n) is 9.27. The lowest BCUT2D eigenvalue weighted by molar-refractivity contribution is -0.127. The molecule has 2 aliphatic rings. The van der Waals surface area contributed by atoms with Crippen molar-refractivity contribution in [1.82, 2.24) is 0 Å². The van der Waals surface area contributed by atoms with Crippen LogP contribution in [0.1, 0.15) is 97.3 Å². The Morgan fingerprint density at radius 2 is 1.79 bits per heavy atom. The zero-order valence-corrected chi connectivity index (χ0v) is 18.2. The number of Topliss-reactive ketones (excluding diaryl/α,β-unsaturated/α-hetero) is 1. The zero-order valence-electron chi connectivity index (χ0n) is 18.2. The molecule has 0 aromatic carbocycles. The van der Waals surface area contributed by atoms with E-state index in [1.165, 1.54) is 36.8 Å². The normalized spacial score (nSPS) is 26.2. The van der Waals surface area contributed by atoms with Crippen LogP contribution in [0.5, 0.6) is 0 Å². The summed E-state index contributed by atoms with van der Waals surface area (Å²) in [5, 5.41) is 19.4. The van der Waals surface area contributed by atoms with Gasteiger partial charge in [0.15, 0.2) is 0 Å². The van der Waals surface area contributed by atoms with Gasteiger partial charge in [-0.2, -0.15) is 0 Å². The van der Waals surface area contributed by atoms with Crippen molar-refractivity contribution in [1.29, 1.82) is 0 Å². The molecule has 0 heterocycles. The standard InChI is InChI=1S/C25H42O3/c1-19(2)12-8-5-3-4-6-10-14-23(27)25-22-17-20(13-9-7-11-15-26)16-21(22)18-24(25)28/h12,16,21-22,24-26,28H,3-11,13-15,17-18H2,1-2H3/t21-,22-,24-,25+/m1/s1. The third kappa shape index (κ3) is 7.48. The summed E-state index contributed by atoms with van der Waals surface area (Å²) in [6.45, 7) is 4.57. The molecule has 0 bridgehead atoms. The van der Waals surface area contributed by atoms with Gasteiger partial charge in [-0.05, 0) is 77.0 Å². The van der Waals surface area contributed by atoms with E-state index in [9.17, 15) is 9.90 Å². The molecular weight excluding hydrogens is 348 g/mol. The number of unbranched alkanes of at least 4 members (excludes halogenated alkanes) is 7. The molecule has 2 rings (SSSR count). The zero-order chi connectivity index (χ0) is 20.4. The Morgan fingerprint density at radius 1 is 1.07 bits per heavy atom. The predicted octanol–water partition coefficient (Wildman–Crippen LogP) is 5.75. The fourth-order valence-electron chi connectivity index (χ4n) is 5.11. The predicted molar refractivity (Wildman–Crippen MR) is 116 cm³/mol. The summed E-state index contributed by atoms with van der Waals surface area (Å²) in [6, 6.07) is 0. The molecule has 0 unspecified atom stereocenters. The van der Waals surface area contributed by atoms with Crippen molar-refractivity contribution in [3.05, 3.63) is 23.3 Å². The van der Waals surface area contributed by atoms with Crippen LogP contribution in [0.2, 0.25) is 0 Å². The molecule has 0 aromatic heterocycles. The fraction of sp³-hybridized carbons (Fsp3) is 0.800. The van der Waals surface area contributed by atoms with Crippen molar-refractivity contribution in [2.75, 3.05) is 6.61 Å². The van der Waals surface area contributed by atoms with E-state index in [-0.39, 0.29) is 12.5 Å². The minimum atomic E-state index is -0.432. The fourth-order valence-corrected chi connectivity index (χ4v) is 5.11. The minimum Gasteiger partial charge on any atom is -0.396 e. The van der Waals surface area contributed by atoms with Crippen LogP contribution in [0, 0.1) is 17.8 Å². The Balaban J connectivity index is 1.64. The molecule has 3 nitrogen and oxygen atoms in total. The molecule has 0 saturated heterocycles. The van der Waals surface area contributed by atoms with Crippen LogP contribution in [-0.4, -0.2) is 28.7 Å². The highest BCUT2D eigenvalue weighted by Gasteiger charge is 2.47. The molecule has 1 fully saturated rings. The number of aliphatic hydroxyl groups excluding tert-OH is 2. The van der Waals surface area contributed by atoms with Crippen molar-refractivity contribution >= 4 is 5.78 Å². The Hall–Kier alpha value is -0.930. The molecule has 0 amide bonds. The van der Waals surface area contributed by atoms with Gasteiger partial charge in [0.05, 0.1) is 6.10 Å². The van der Waals surface area contributed by atoms with E-state index in [1.54, 1.807) is 0 Å². The summed E-state index contributed by atoms with van der Waals surface area (Å²) >= 11 is 0. The summed E-state index contributed by atoms with van der Waals surface area (Å²) in [5.74, 6) is 0.930. The summed E-state index contributed by atoms with van der Waals surface area (Å²) in [4.78, 5) is 12.8. The van der Waals surface area contributed by atoms with Gasteiger partial charge in [-0.3, -0.25) is 4.79 Å². The van der Waals surface area contributed by atoms with Crippen molar-refractivity contribution in [3.63, 3.8) is 0 Å². The summed E-state index contributed by atoms with van der Waals surface area (Å²) in [5.41, 5.74) is 2.88. The Labute approximate surface area is 172 Å². The van der Waals surface area contributed by atoms with Gasteiger partial charge in [0.2, 0.25) is 0 Å². The van der Waals surface area contributed by atoms with Crippen LogP contribution in [0.4, 0.5) is 0 Å². The number of allylic oxidation sites excluding steroid dienone is 4. The summed E-state index contributed by atoms with van der Waals surface area (Å²) in [7, 11) is 0. The Kier molecular flexibility index (Phi) is 10.5. The lowest BCUT2D eigenvalue weighted by Gasteiger charge is -2.20. The molecule has 4 atom stereocenters. The Bertz CT molecular complexity index is 530. The van der Waals surface area contributed by atoms with E-state index in [4.69, 9.17) is 5.11 Å². The van der Waals surface area contributed by atoms with Crippen LogP contribution in [-0.2, 0) is 4.79 Å². The Morgan fingerprint density at radius 3 is 2.54 bits per heavy atom. The van der Waals surface area contributed by atoms with Crippen molar-refractivity contribution in [3.8, 4) is 0 Å². The van der Waals surface area contributed by atoms with Crippen molar-refractivity contribution in [2.45, 2.75) is 103 Å². The summed E-state index contributed by atoms with van der Waals surface area (Å²) in [6.07, 6.45) is 17.8. The maximum atomic E-state index is 12.8. The smallest absolute Gasteiger partial charge is 0.138 e. The lowest BCUT2D eigenvalue weighted by Crippen LogP contribution is -2.28. The van der Waals surface area contributed by atoms with Gasteiger partial charge >= 0.3 is 0 Å². The third-order valence-electron chi connectivity index (χ3n) is 6.59. The van der Waals surface area contributed by atoms with Crippen LogP contribution in [0.3, 0.4) is 0 Å². The monoisotopic (exact) mass is 390 g/mol. The highest BCUT2D eigenvalue weighted by Crippen LogP contribution is 2.48. The maximum absolute atomic E-state index is 12.8. The molecule has 2 N–H and O–H groups in total. The highest BCUT2D eigenvalue weighted by atomic mass is 16.3. The number of rotatable bonds is 14. The topological polar surface area (TPSA) is 57.5 Å². The first kappa shape index (κ1) is 23.3. The lowest BCUT2D eigenvalue weighted by atomic mass is 9.84. The van der Waals surface area contributed by atoms with Gasteiger partial charge in [0.1, 0.15) is 5.78 Å². The largest absolute Gasteiger partial charge is 0.396 e. The van der Waals surface area contributed by atoms with E-state index in [2.05, 4.69) is 26.0 Å². The molecule has 160 valence electrons. The van der Waals surface area contributed by atoms with Crippen LogP contribution in [0.25, 0.3) is 0 Å². The SMILES string of the molecule is CC(C)=CCCCCCCCC(=O)[C@@H]1[C@@H]2CC(CCCCCO)=C[C@@H]2C[C@H]1O. The number of hydrogen-bond acceptors (Lipinski definition) is 3. The van der Waals surface area contributed by atoms with Crippen LogP contribution < -0.4 is 0 Å². The van der Waals surface area contributed by atoms with Crippen molar-refractivity contribution < 1.29 is 15.0 Å². The van der Waals surface area contributed by atoms with Crippen LogP contribution >= 0.6 is 0 Å². The number of hydrogen-bond donors (Lipinski definition) is 2. The van der Waals surface area contributed by atoms with Crippen LogP contribution in [0.15, 0.2) is 23.3 Å². The molecular formula is C25H42O3. The molecule has 0 aliphatic heterocycles. The number of carbonyl (C=O) groups is 1. The average Bonchev–Trinajstić information content (AvgIpc) is 3.16. The second kappa shape index (κ2) is 12.6. The second-order valence-corrected chi connectivity index (χ2v) is 9.27. The van der Waals surface area contributed by atoms with Gasteiger partial charge in [-0.25, -0.2) is 0 Å². The number of ketones is 1. The van der Waals surface area contributed by atoms with E-state index in [0.29, 0.717) is 24.0 Å². The quantitative estimate of drug-likeness (QED) is 0.293. The van der Waals surface area contributed by atoms with Gasteiger partial charge in [-0.15, -0.1) is 0 Å². The first-order chi connectivity index (χ1) is 13.5. The van der Waals surface area contributed by atoms with Gasteiger partial charge in [0, 0.05) is 18.9 Å². The van der Waals surface area contributed by atoms with Gasteiger partial charge in [-0.1, -0.05) is 49.0 Å². The van der Waals surface area contributed by atoms with Crippen molar-refractivity contribution in [2.24, 2.45) is 17.8 Å². The number of carbonyl (C=O) groups excluding carboxylic acids is 1. The number of aliphatic hydroxyl groups is 2. The third-order valence-corrected chi connectivity index (χ3v) is 6.59. The number of fused-ring (bicyclic) bond motifs is 1.